The van der Waals surface area contributed by atoms with Crippen molar-refractivity contribution in [2.75, 3.05) is 44.8 Å². The zero-order valence-corrected chi connectivity index (χ0v) is 13.1. The van der Waals surface area contributed by atoms with Crippen molar-refractivity contribution in [3.05, 3.63) is 23.8 Å². The predicted octanol–water partition coefficient (Wildman–Crippen LogP) is 2.10. The minimum Gasteiger partial charge on any atom is -0.508 e. The van der Waals surface area contributed by atoms with Crippen LogP contribution in [0.4, 0.5) is 0 Å². The number of methoxy groups -OCH3 is 1. The highest BCUT2D eigenvalue weighted by molar-refractivity contribution is 7.99. The van der Waals surface area contributed by atoms with E-state index in [4.69, 9.17) is 4.74 Å². The largest absolute Gasteiger partial charge is 0.508 e. The van der Waals surface area contributed by atoms with E-state index in [-0.39, 0.29) is 6.04 Å². The maximum Gasteiger partial charge on any atom is 0.120 e. The van der Waals surface area contributed by atoms with Crippen LogP contribution in [0.2, 0.25) is 0 Å². The van der Waals surface area contributed by atoms with Gasteiger partial charge in [0.2, 0.25) is 0 Å². The molecule has 0 radical (unpaired) electrons. The van der Waals surface area contributed by atoms with Crippen LogP contribution >= 0.6 is 11.8 Å². The molecule has 2 rings (SSSR count). The first-order valence-corrected chi connectivity index (χ1v) is 8.26. The van der Waals surface area contributed by atoms with Crippen molar-refractivity contribution in [2.45, 2.75) is 13.0 Å². The van der Waals surface area contributed by atoms with Crippen LogP contribution in [-0.2, 0) is 0 Å². The molecule has 1 aromatic rings. The predicted molar refractivity (Wildman–Crippen MR) is 84.8 cm³/mol. The van der Waals surface area contributed by atoms with Crippen molar-refractivity contribution < 1.29 is 9.84 Å². The first-order chi connectivity index (χ1) is 9.70. The third kappa shape index (κ3) is 4.30. The third-order valence-corrected chi connectivity index (χ3v) is 4.63. The average Bonchev–Trinajstić information content (AvgIpc) is 2.48. The molecule has 0 aromatic heterocycles. The standard InChI is InChI=1S/C15H24N2O2S/c1-12(14-11-13(19-2)3-4-15(14)18)16-5-6-17-7-9-20-10-8-17/h3-4,11-12,16,18H,5-10H2,1-2H3. The first kappa shape index (κ1) is 15.5. The molecule has 1 heterocycles. The van der Waals surface area contributed by atoms with Crippen LogP contribution in [0.5, 0.6) is 11.5 Å². The number of phenolic OH excluding ortho intramolecular Hbond substituents is 1. The monoisotopic (exact) mass is 296 g/mol. The number of benzene rings is 1. The van der Waals surface area contributed by atoms with Gasteiger partial charge in [0.05, 0.1) is 7.11 Å². The summed E-state index contributed by atoms with van der Waals surface area (Å²) in [6, 6.07) is 5.47. The van der Waals surface area contributed by atoms with Gasteiger partial charge in [-0.05, 0) is 25.1 Å². The smallest absolute Gasteiger partial charge is 0.120 e. The highest BCUT2D eigenvalue weighted by Gasteiger charge is 2.13. The highest BCUT2D eigenvalue weighted by Crippen LogP contribution is 2.28. The quantitative estimate of drug-likeness (QED) is 0.842. The summed E-state index contributed by atoms with van der Waals surface area (Å²) < 4.78 is 5.21. The van der Waals surface area contributed by atoms with E-state index in [0.29, 0.717) is 5.75 Å². The molecule has 0 spiro atoms. The Balaban J connectivity index is 1.83. The lowest BCUT2D eigenvalue weighted by molar-refractivity contribution is 0.296. The van der Waals surface area contributed by atoms with Crippen molar-refractivity contribution in [3.63, 3.8) is 0 Å². The maximum atomic E-state index is 9.94. The Hall–Kier alpha value is -0.910. The van der Waals surface area contributed by atoms with Crippen LogP contribution in [0.3, 0.4) is 0 Å². The Morgan fingerprint density at radius 3 is 2.85 bits per heavy atom. The van der Waals surface area contributed by atoms with E-state index in [1.807, 2.05) is 17.8 Å². The summed E-state index contributed by atoms with van der Waals surface area (Å²) in [6.07, 6.45) is 0. The number of phenols is 1. The molecule has 1 atom stereocenters. The maximum absolute atomic E-state index is 9.94. The number of hydrogen-bond donors (Lipinski definition) is 2. The minimum atomic E-state index is 0.115. The lowest BCUT2D eigenvalue weighted by atomic mass is 10.1. The molecular weight excluding hydrogens is 272 g/mol. The van der Waals surface area contributed by atoms with Crippen LogP contribution in [0.1, 0.15) is 18.5 Å². The number of aromatic hydroxyl groups is 1. The minimum absolute atomic E-state index is 0.115. The summed E-state index contributed by atoms with van der Waals surface area (Å²) in [5, 5.41) is 13.4. The molecule has 1 saturated heterocycles. The van der Waals surface area contributed by atoms with E-state index in [9.17, 15) is 5.11 Å². The topological polar surface area (TPSA) is 44.7 Å². The lowest BCUT2D eigenvalue weighted by Crippen LogP contribution is -2.38. The molecule has 112 valence electrons. The van der Waals surface area contributed by atoms with Gasteiger partial charge in [-0.25, -0.2) is 0 Å². The average molecular weight is 296 g/mol. The van der Waals surface area contributed by atoms with E-state index in [1.165, 1.54) is 24.6 Å². The molecule has 5 heteroatoms. The summed E-state index contributed by atoms with van der Waals surface area (Å²) >= 11 is 2.03. The zero-order chi connectivity index (χ0) is 14.4. The van der Waals surface area contributed by atoms with Gasteiger partial charge in [-0.2, -0.15) is 11.8 Å². The SMILES string of the molecule is COc1ccc(O)c(C(C)NCCN2CCSCC2)c1. The second-order valence-corrected chi connectivity index (χ2v) is 6.28. The number of ether oxygens (including phenoxy) is 1. The molecular formula is C15H24N2O2S. The van der Waals surface area contributed by atoms with Gasteiger partial charge in [0.1, 0.15) is 11.5 Å². The van der Waals surface area contributed by atoms with E-state index >= 15 is 0 Å². The molecule has 0 saturated carbocycles. The van der Waals surface area contributed by atoms with Crippen LogP contribution in [-0.4, -0.2) is 54.8 Å². The summed E-state index contributed by atoms with van der Waals surface area (Å²) in [6.45, 7) is 6.44. The van der Waals surface area contributed by atoms with Crippen molar-refractivity contribution >= 4 is 11.8 Å². The Morgan fingerprint density at radius 2 is 2.15 bits per heavy atom. The Morgan fingerprint density at radius 1 is 1.40 bits per heavy atom. The van der Waals surface area contributed by atoms with Gasteiger partial charge in [-0.15, -0.1) is 0 Å². The molecule has 4 nitrogen and oxygen atoms in total. The highest BCUT2D eigenvalue weighted by atomic mass is 32.2. The second-order valence-electron chi connectivity index (χ2n) is 5.05. The fourth-order valence-corrected chi connectivity index (χ4v) is 3.36. The van der Waals surface area contributed by atoms with Gasteiger partial charge >= 0.3 is 0 Å². The Labute approximate surface area is 125 Å². The molecule has 0 bridgehead atoms. The second kappa shape index (κ2) is 7.76. The van der Waals surface area contributed by atoms with Gasteiger partial charge in [0, 0.05) is 49.3 Å². The van der Waals surface area contributed by atoms with Gasteiger partial charge in [0.25, 0.3) is 0 Å². The summed E-state index contributed by atoms with van der Waals surface area (Å²) in [5.41, 5.74) is 0.888. The Bertz CT molecular complexity index is 422. The summed E-state index contributed by atoms with van der Waals surface area (Å²) in [5.74, 6) is 3.58. The third-order valence-electron chi connectivity index (χ3n) is 3.68. The molecule has 1 unspecified atom stereocenters. The van der Waals surface area contributed by atoms with Crippen LogP contribution in [0.25, 0.3) is 0 Å². The zero-order valence-electron chi connectivity index (χ0n) is 12.3. The molecule has 1 aliphatic rings. The summed E-state index contributed by atoms with van der Waals surface area (Å²) in [7, 11) is 1.64. The molecule has 0 amide bonds. The number of thioether (sulfide) groups is 1. The molecule has 20 heavy (non-hydrogen) atoms. The van der Waals surface area contributed by atoms with Crippen LogP contribution in [0.15, 0.2) is 18.2 Å². The molecule has 1 aliphatic heterocycles. The normalized spacial score (nSPS) is 17.9. The first-order valence-electron chi connectivity index (χ1n) is 7.11. The van der Waals surface area contributed by atoms with E-state index in [0.717, 1.165) is 24.4 Å². The molecule has 1 aromatic carbocycles. The van der Waals surface area contributed by atoms with Gasteiger partial charge in [-0.3, -0.25) is 0 Å². The summed E-state index contributed by atoms with van der Waals surface area (Å²) in [4.78, 5) is 2.49. The fourth-order valence-electron chi connectivity index (χ4n) is 2.38. The molecule has 1 fully saturated rings. The molecule has 2 N–H and O–H groups in total. The number of nitrogens with zero attached hydrogens (tertiary/aromatic N) is 1. The van der Waals surface area contributed by atoms with E-state index in [2.05, 4.69) is 17.1 Å². The molecule has 0 aliphatic carbocycles. The van der Waals surface area contributed by atoms with Crippen molar-refractivity contribution in [2.24, 2.45) is 0 Å². The van der Waals surface area contributed by atoms with Crippen molar-refractivity contribution in [1.82, 2.24) is 10.2 Å². The van der Waals surface area contributed by atoms with E-state index < -0.39 is 0 Å². The Kier molecular flexibility index (Phi) is 6.01. The van der Waals surface area contributed by atoms with Gasteiger partial charge in [0.15, 0.2) is 0 Å². The van der Waals surface area contributed by atoms with Crippen molar-refractivity contribution in [3.8, 4) is 11.5 Å². The lowest BCUT2D eigenvalue weighted by Gasteiger charge is -2.27. The van der Waals surface area contributed by atoms with Crippen molar-refractivity contribution in [1.29, 1.82) is 0 Å². The number of nitrogens with one attached hydrogen (secondary N) is 1. The van der Waals surface area contributed by atoms with Gasteiger partial charge < -0.3 is 20.1 Å². The van der Waals surface area contributed by atoms with Gasteiger partial charge in [-0.1, -0.05) is 0 Å². The van der Waals surface area contributed by atoms with Crippen LogP contribution < -0.4 is 10.1 Å². The number of rotatable bonds is 6. The fraction of sp³-hybridized carbons (Fsp3) is 0.600. The number of hydrogen-bond acceptors (Lipinski definition) is 5. The van der Waals surface area contributed by atoms with Crippen LogP contribution in [0, 0.1) is 0 Å². The van der Waals surface area contributed by atoms with E-state index in [1.54, 1.807) is 19.2 Å².